The summed E-state index contributed by atoms with van der Waals surface area (Å²) in [5.74, 6) is 0.137. The molecular weight excluding hydrogens is 362 g/mol. The summed E-state index contributed by atoms with van der Waals surface area (Å²) in [4.78, 5) is 19.7. The van der Waals surface area contributed by atoms with E-state index in [1.165, 1.54) is 11.3 Å². The van der Waals surface area contributed by atoms with Gasteiger partial charge in [0, 0.05) is 57.1 Å². The number of hydrogen-bond acceptors (Lipinski definition) is 4. The molecule has 2 aliphatic heterocycles. The molecule has 0 N–H and O–H groups in total. The highest BCUT2D eigenvalue weighted by atomic mass is 16.5. The summed E-state index contributed by atoms with van der Waals surface area (Å²) in [5, 5.41) is 0. The summed E-state index contributed by atoms with van der Waals surface area (Å²) in [6.07, 6.45) is 0.545. The van der Waals surface area contributed by atoms with E-state index >= 15 is 0 Å². The minimum absolute atomic E-state index is 0.137. The second kappa shape index (κ2) is 8.97. The highest BCUT2D eigenvalue weighted by Crippen LogP contribution is 2.18. The third kappa shape index (κ3) is 4.98. The number of morpholine rings is 1. The first-order valence-electron chi connectivity index (χ1n) is 10.6. The zero-order valence-corrected chi connectivity index (χ0v) is 17.5. The maximum atomic E-state index is 12.9. The molecule has 5 nitrogen and oxygen atoms in total. The quantitative estimate of drug-likeness (QED) is 0.799. The van der Waals surface area contributed by atoms with Crippen molar-refractivity contribution in [2.24, 2.45) is 0 Å². The summed E-state index contributed by atoms with van der Waals surface area (Å²) in [7, 11) is 0. The molecule has 0 aliphatic carbocycles. The van der Waals surface area contributed by atoms with E-state index in [-0.39, 0.29) is 18.1 Å². The van der Waals surface area contributed by atoms with E-state index in [2.05, 4.69) is 60.0 Å². The van der Waals surface area contributed by atoms with Crippen molar-refractivity contribution in [3.8, 4) is 0 Å². The summed E-state index contributed by atoms with van der Waals surface area (Å²) in [6.45, 7) is 10.3. The molecule has 2 atom stereocenters. The van der Waals surface area contributed by atoms with E-state index in [0.717, 1.165) is 51.4 Å². The zero-order chi connectivity index (χ0) is 20.2. The number of carbonyl (C=O) groups excluding carboxylic acids is 1. The fourth-order valence-corrected chi connectivity index (χ4v) is 4.41. The molecule has 2 heterocycles. The molecule has 2 aromatic carbocycles. The number of benzene rings is 2. The molecule has 0 saturated carbocycles. The topological polar surface area (TPSA) is 36.0 Å². The summed E-state index contributed by atoms with van der Waals surface area (Å²) >= 11 is 0. The average molecular weight is 394 g/mol. The third-order valence-electron chi connectivity index (χ3n) is 5.79. The van der Waals surface area contributed by atoms with Gasteiger partial charge in [0.25, 0.3) is 5.91 Å². The molecule has 2 saturated heterocycles. The maximum absolute atomic E-state index is 12.9. The van der Waals surface area contributed by atoms with Crippen molar-refractivity contribution >= 4 is 11.6 Å². The number of anilines is 1. The Morgan fingerprint density at radius 1 is 0.897 bits per heavy atom. The zero-order valence-electron chi connectivity index (χ0n) is 17.5. The Morgan fingerprint density at radius 3 is 2.14 bits per heavy atom. The van der Waals surface area contributed by atoms with Crippen LogP contribution in [-0.2, 0) is 11.3 Å². The number of piperazine rings is 1. The van der Waals surface area contributed by atoms with Crippen LogP contribution in [0.4, 0.5) is 5.69 Å². The van der Waals surface area contributed by atoms with E-state index in [1.54, 1.807) is 0 Å². The minimum Gasteiger partial charge on any atom is -0.373 e. The van der Waals surface area contributed by atoms with E-state index in [9.17, 15) is 4.79 Å². The van der Waals surface area contributed by atoms with Crippen LogP contribution in [0.25, 0.3) is 0 Å². The van der Waals surface area contributed by atoms with Crippen LogP contribution < -0.4 is 4.90 Å². The number of rotatable bonds is 4. The first-order chi connectivity index (χ1) is 14.1. The normalized spacial score (nSPS) is 23.2. The van der Waals surface area contributed by atoms with Crippen LogP contribution in [0.1, 0.15) is 29.8 Å². The summed E-state index contributed by atoms with van der Waals surface area (Å²) in [6, 6.07) is 18.6. The predicted octanol–water partition coefficient (Wildman–Crippen LogP) is 3.26. The van der Waals surface area contributed by atoms with Gasteiger partial charge < -0.3 is 14.5 Å². The van der Waals surface area contributed by atoms with Gasteiger partial charge in [-0.05, 0) is 43.7 Å². The molecule has 5 heteroatoms. The highest BCUT2D eigenvalue weighted by molar-refractivity contribution is 5.94. The van der Waals surface area contributed by atoms with Crippen LogP contribution in [0.15, 0.2) is 54.6 Å². The average Bonchev–Trinajstić information content (AvgIpc) is 2.74. The van der Waals surface area contributed by atoms with Crippen LogP contribution in [0.3, 0.4) is 0 Å². The second-order valence-electron chi connectivity index (χ2n) is 8.26. The van der Waals surface area contributed by atoms with Gasteiger partial charge in [0.15, 0.2) is 0 Å². The van der Waals surface area contributed by atoms with Crippen molar-refractivity contribution in [1.82, 2.24) is 9.80 Å². The maximum Gasteiger partial charge on any atom is 0.253 e. The predicted molar refractivity (Wildman–Crippen MR) is 116 cm³/mol. The van der Waals surface area contributed by atoms with Crippen LogP contribution in [0.5, 0.6) is 0 Å². The second-order valence-corrected chi connectivity index (χ2v) is 8.26. The Bertz CT molecular complexity index is 791. The van der Waals surface area contributed by atoms with Crippen molar-refractivity contribution in [3.63, 3.8) is 0 Å². The van der Waals surface area contributed by atoms with Gasteiger partial charge in [-0.2, -0.15) is 0 Å². The van der Waals surface area contributed by atoms with Crippen LogP contribution in [-0.4, -0.2) is 67.2 Å². The summed E-state index contributed by atoms with van der Waals surface area (Å²) < 4.78 is 5.81. The van der Waals surface area contributed by atoms with Gasteiger partial charge >= 0.3 is 0 Å². The van der Waals surface area contributed by atoms with Gasteiger partial charge in [-0.15, -0.1) is 0 Å². The molecule has 0 aromatic heterocycles. The molecule has 0 bridgehead atoms. The molecule has 2 aromatic rings. The van der Waals surface area contributed by atoms with E-state index in [1.807, 2.05) is 23.1 Å². The Morgan fingerprint density at radius 2 is 1.52 bits per heavy atom. The van der Waals surface area contributed by atoms with Gasteiger partial charge in [-0.3, -0.25) is 9.69 Å². The lowest BCUT2D eigenvalue weighted by molar-refractivity contribution is -0.0704. The molecule has 29 heavy (non-hydrogen) atoms. The molecule has 0 radical (unpaired) electrons. The van der Waals surface area contributed by atoms with E-state index in [0.29, 0.717) is 0 Å². The molecule has 2 unspecified atom stereocenters. The van der Waals surface area contributed by atoms with Crippen LogP contribution in [0.2, 0.25) is 0 Å². The number of carbonyl (C=O) groups is 1. The lowest BCUT2D eigenvalue weighted by Crippen LogP contribution is -2.48. The molecule has 2 fully saturated rings. The Hall–Kier alpha value is -2.37. The molecule has 4 rings (SSSR count). The summed E-state index contributed by atoms with van der Waals surface area (Å²) in [5.41, 5.74) is 3.26. The number of para-hydroxylation sites is 1. The molecule has 2 aliphatic rings. The number of amides is 1. The van der Waals surface area contributed by atoms with E-state index < -0.39 is 0 Å². The third-order valence-corrected chi connectivity index (χ3v) is 5.79. The highest BCUT2D eigenvalue weighted by Gasteiger charge is 2.24. The number of ether oxygens (including phenoxy) is 1. The Balaban J connectivity index is 1.31. The van der Waals surface area contributed by atoms with Crippen molar-refractivity contribution in [2.45, 2.75) is 32.6 Å². The Kier molecular flexibility index (Phi) is 6.16. The fourth-order valence-electron chi connectivity index (χ4n) is 4.41. The molecule has 154 valence electrons. The lowest BCUT2D eigenvalue weighted by Gasteiger charge is -2.36. The number of nitrogens with zero attached hydrogens (tertiary/aromatic N) is 3. The van der Waals surface area contributed by atoms with Crippen molar-refractivity contribution in [2.75, 3.05) is 44.2 Å². The SMILES string of the molecule is CC1CN(Cc2ccc(C(=O)N3CCN(c4ccccc4)CC3)cc2)CC(C)O1. The van der Waals surface area contributed by atoms with Gasteiger partial charge in [0.2, 0.25) is 0 Å². The van der Waals surface area contributed by atoms with Gasteiger partial charge in [0.05, 0.1) is 12.2 Å². The van der Waals surface area contributed by atoms with Gasteiger partial charge in [-0.25, -0.2) is 0 Å². The fraction of sp³-hybridized carbons (Fsp3) is 0.458. The number of hydrogen-bond donors (Lipinski definition) is 0. The largest absolute Gasteiger partial charge is 0.373 e. The van der Waals surface area contributed by atoms with E-state index in [4.69, 9.17) is 4.74 Å². The molecule has 0 spiro atoms. The first-order valence-corrected chi connectivity index (χ1v) is 10.6. The monoisotopic (exact) mass is 393 g/mol. The minimum atomic E-state index is 0.137. The van der Waals surface area contributed by atoms with Crippen LogP contribution in [0, 0.1) is 0 Å². The Labute approximate surface area is 173 Å². The van der Waals surface area contributed by atoms with Crippen LogP contribution >= 0.6 is 0 Å². The standard InChI is InChI=1S/C24H31N3O2/c1-19-16-25(17-20(2)29-19)18-21-8-10-22(11-9-21)24(28)27-14-12-26(13-15-27)23-6-4-3-5-7-23/h3-11,19-20H,12-18H2,1-2H3. The van der Waals surface area contributed by atoms with Gasteiger partial charge in [-0.1, -0.05) is 30.3 Å². The van der Waals surface area contributed by atoms with Crippen molar-refractivity contribution < 1.29 is 9.53 Å². The first kappa shape index (κ1) is 19.9. The smallest absolute Gasteiger partial charge is 0.253 e. The molecular formula is C24H31N3O2. The molecule has 1 amide bonds. The van der Waals surface area contributed by atoms with Crippen molar-refractivity contribution in [3.05, 3.63) is 65.7 Å². The van der Waals surface area contributed by atoms with Crippen molar-refractivity contribution in [1.29, 1.82) is 0 Å². The lowest BCUT2D eigenvalue weighted by atomic mass is 10.1. The van der Waals surface area contributed by atoms with Gasteiger partial charge in [0.1, 0.15) is 0 Å².